The van der Waals surface area contributed by atoms with Gasteiger partial charge >= 0.3 is 0 Å². The van der Waals surface area contributed by atoms with Crippen molar-refractivity contribution < 1.29 is 29.3 Å². The highest BCUT2D eigenvalue weighted by molar-refractivity contribution is 6.18. The Kier molecular flexibility index (Phi) is 8.16. The van der Waals surface area contributed by atoms with Gasteiger partial charge in [-0.05, 0) is 94.4 Å². The summed E-state index contributed by atoms with van der Waals surface area (Å²) >= 11 is 0. The molecule has 1 aromatic carbocycles. The molecule has 1 aromatic rings. The quantitative estimate of drug-likeness (QED) is 0.278. The Bertz CT molecular complexity index is 1570. The second kappa shape index (κ2) is 11.2. The standard InChI is InChI=1S/C38H48O6/c1-21(2)11-10-12-24(7)14-16-26-31(39)27(15-13-22(3)4)34-30(32(26)40)33(41)28-19-25-20-29-36(8,9)44-37(35(25)42,18-17-23(5)6)38(28,29)43-34/h11,13-14,17,19,25,29,39-40H,10,12,15-16,18,20H2,1-9H3/b24-14+/t25-,29+,37+,38-/m1/s1. The van der Waals surface area contributed by atoms with Gasteiger partial charge in [0.2, 0.25) is 0 Å². The summed E-state index contributed by atoms with van der Waals surface area (Å²) in [7, 11) is 0. The van der Waals surface area contributed by atoms with Crippen molar-refractivity contribution in [2.75, 3.05) is 0 Å². The summed E-state index contributed by atoms with van der Waals surface area (Å²) < 4.78 is 13.8. The molecular formula is C38H48O6. The van der Waals surface area contributed by atoms with E-state index in [0.717, 1.165) is 29.6 Å². The van der Waals surface area contributed by atoms with Crippen LogP contribution in [0.25, 0.3) is 0 Å². The van der Waals surface area contributed by atoms with E-state index < -0.39 is 22.7 Å². The van der Waals surface area contributed by atoms with Gasteiger partial charge in [0, 0.05) is 35.0 Å². The molecular weight excluding hydrogens is 552 g/mol. The number of rotatable bonds is 9. The number of hydrogen-bond acceptors (Lipinski definition) is 6. The van der Waals surface area contributed by atoms with Crippen LogP contribution in [0.5, 0.6) is 17.2 Å². The highest BCUT2D eigenvalue weighted by atomic mass is 16.6. The highest BCUT2D eigenvalue weighted by Gasteiger charge is 2.81. The fourth-order valence-corrected chi connectivity index (χ4v) is 7.76. The molecule has 0 amide bonds. The fraction of sp³-hybridized carbons (Fsp3) is 0.526. The van der Waals surface area contributed by atoms with E-state index in [2.05, 4.69) is 19.9 Å². The predicted molar refractivity (Wildman–Crippen MR) is 173 cm³/mol. The molecule has 1 spiro atoms. The molecule has 2 heterocycles. The van der Waals surface area contributed by atoms with E-state index in [1.54, 1.807) is 6.08 Å². The van der Waals surface area contributed by atoms with E-state index in [4.69, 9.17) is 9.47 Å². The molecule has 6 nitrogen and oxygen atoms in total. The largest absolute Gasteiger partial charge is 0.507 e. The number of phenols is 2. The summed E-state index contributed by atoms with van der Waals surface area (Å²) in [5.41, 5.74) is 2.21. The van der Waals surface area contributed by atoms with E-state index in [9.17, 15) is 19.8 Å². The van der Waals surface area contributed by atoms with Crippen LogP contribution in [0.15, 0.2) is 58.2 Å². The third-order valence-corrected chi connectivity index (χ3v) is 9.95. The second-order valence-corrected chi connectivity index (χ2v) is 14.4. The Morgan fingerprint density at radius 1 is 0.886 bits per heavy atom. The number of phenolic OH excluding ortho intramolecular Hbond substituents is 2. The highest BCUT2D eigenvalue weighted by Crippen LogP contribution is 2.68. The summed E-state index contributed by atoms with van der Waals surface area (Å²) in [5.74, 6) is -1.33. The van der Waals surface area contributed by atoms with Gasteiger partial charge in [-0.15, -0.1) is 0 Å². The molecule has 2 fully saturated rings. The number of benzene rings is 1. The Morgan fingerprint density at radius 2 is 1.52 bits per heavy atom. The number of allylic oxidation sites excluding steroid dienone is 8. The predicted octanol–water partition coefficient (Wildman–Crippen LogP) is 8.20. The van der Waals surface area contributed by atoms with Crippen LogP contribution in [0.3, 0.4) is 0 Å². The number of fused-ring (bicyclic) bond motifs is 1. The zero-order valence-corrected chi connectivity index (χ0v) is 27.8. The molecule has 236 valence electrons. The SMILES string of the molecule is CC(C)=CCC/C(C)=C/Cc1c(O)c(CC=C(C)C)c2c(c1O)C(=O)C1=C[C@@H]3C[C@H]4C(C)(C)O[C@@](CC=C(C)C)(C3=O)[C@@]14O2. The number of aromatic hydroxyl groups is 2. The lowest BCUT2D eigenvalue weighted by Crippen LogP contribution is -2.72. The lowest BCUT2D eigenvalue weighted by atomic mass is 9.51. The first-order valence-electron chi connectivity index (χ1n) is 15.9. The third-order valence-electron chi connectivity index (χ3n) is 9.95. The van der Waals surface area contributed by atoms with Crippen LogP contribution in [-0.2, 0) is 22.4 Å². The van der Waals surface area contributed by atoms with Gasteiger partial charge in [-0.25, -0.2) is 0 Å². The second-order valence-electron chi connectivity index (χ2n) is 14.4. The van der Waals surface area contributed by atoms with Crippen molar-refractivity contribution in [1.29, 1.82) is 0 Å². The smallest absolute Gasteiger partial charge is 0.200 e. The van der Waals surface area contributed by atoms with Gasteiger partial charge in [0.25, 0.3) is 0 Å². The number of carbonyl (C=O) groups is 2. The van der Waals surface area contributed by atoms with E-state index in [1.807, 2.05) is 66.7 Å². The van der Waals surface area contributed by atoms with Crippen molar-refractivity contribution >= 4 is 11.6 Å². The molecule has 0 radical (unpaired) electrons. The minimum Gasteiger partial charge on any atom is -0.507 e. The topological polar surface area (TPSA) is 93.1 Å². The number of carbonyl (C=O) groups excluding carboxylic acids is 2. The molecule has 4 atom stereocenters. The Morgan fingerprint density at radius 3 is 2.16 bits per heavy atom. The van der Waals surface area contributed by atoms with Crippen LogP contribution in [-0.4, -0.2) is 38.6 Å². The third kappa shape index (κ3) is 4.81. The number of hydrogen-bond donors (Lipinski definition) is 2. The molecule has 44 heavy (non-hydrogen) atoms. The monoisotopic (exact) mass is 600 g/mol. The average molecular weight is 601 g/mol. The van der Waals surface area contributed by atoms with E-state index in [-0.39, 0.29) is 53.1 Å². The zero-order chi connectivity index (χ0) is 32.4. The molecule has 0 aromatic heterocycles. The maximum absolute atomic E-state index is 14.7. The van der Waals surface area contributed by atoms with Crippen molar-refractivity contribution in [1.82, 2.24) is 0 Å². The lowest BCUT2D eigenvalue weighted by molar-refractivity contribution is -0.171. The lowest BCUT2D eigenvalue weighted by Gasteiger charge is -2.56. The van der Waals surface area contributed by atoms with E-state index in [0.29, 0.717) is 29.5 Å². The van der Waals surface area contributed by atoms with Crippen LogP contribution in [0.1, 0.15) is 109 Å². The van der Waals surface area contributed by atoms with Crippen molar-refractivity contribution in [3.05, 3.63) is 74.9 Å². The first-order chi connectivity index (χ1) is 20.6. The Labute approximate surface area is 262 Å². The minimum atomic E-state index is -1.39. The van der Waals surface area contributed by atoms with Gasteiger partial charge in [0.05, 0.1) is 5.60 Å². The van der Waals surface area contributed by atoms with Crippen LogP contribution < -0.4 is 4.74 Å². The molecule has 2 aliphatic heterocycles. The minimum absolute atomic E-state index is 0.0667. The van der Waals surface area contributed by atoms with Gasteiger partial charge in [0.1, 0.15) is 22.8 Å². The number of ether oxygens (including phenoxy) is 2. The van der Waals surface area contributed by atoms with Crippen molar-refractivity contribution in [2.24, 2.45) is 11.8 Å². The molecule has 6 rings (SSSR count). The van der Waals surface area contributed by atoms with Gasteiger partial charge < -0.3 is 19.7 Å². The maximum atomic E-state index is 14.7. The molecule has 1 saturated carbocycles. The number of Topliss-reactive ketones (excluding diaryl/α,β-unsaturated/α-hetero) is 2. The van der Waals surface area contributed by atoms with E-state index >= 15 is 0 Å². The first kappa shape index (κ1) is 32.0. The van der Waals surface area contributed by atoms with Gasteiger partial charge in [-0.3, -0.25) is 9.59 Å². The summed E-state index contributed by atoms with van der Waals surface area (Å²) in [5, 5.41) is 23.5. The Balaban J connectivity index is 1.71. The van der Waals surface area contributed by atoms with Crippen LogP contribution in [0.2, 0.25) is 0 Å². The summed E-state index contributed by atoms with van der Waals surface area (Å²) in [4.78, 5) is 28.8. The van der Waals surface area contributed by atoms with Crippen molar-refractivity contribution in [3.63, 3.8) is 0 Å². The van der Waals surface area contributed by atoms with Crippen molar-refractivity contribution in [3.8, 4) is 17.2 Å². The van der Waals surface area contributed by atoms with Crippen molar-refractivity contribution in [2.45, 2.75) is 118 Å². The molecule has 6 heteroatoms. The van der Waals surface area contributed by atoms with Crippen LogP contribution in [0.4, 0.5) is 0 Å². The van der Waals surface area contributed by atoms with Gasteiger partial charge in [-0.2, -0.15) is 0 Å². The summed E-state index contributed by atoms with van der Waals surface area (Å²) in [6.45, 7) is 18.0. The molecule has 3 aliphatic carbocycles. The molecule has 1 saturated heterocycles. The molecule has 0 unspecified atom stereocenters. The maximum Gasteiger partial charge on any atom is 0.200 e. The normalized spacial score (nSPS) is 27.7. The van der Waals surface area contributed by atoms with Gasteiger partial charge in [-0.1, -0.05) is 52.7 Å². The number of ketones is 2. The fourth-order valence-electron chi connectivity index (χ4n) is 7.76. The molecule has 5 aliphatic rings. The molecule has 4 bridgehead atoms. The Hall–Kier alpha value is -3.38. The zero-order valence-electron chi connectivity index (χ0n) is 27.8. The van der Waals surface area contributed by atoms with Crippen LogP contribution >= 0.6 is 0 Å². The average Bonchev–Trinajstić information content (AvgIpc) is 3.08. The molecule has 2 N–H and O–H groups in total. The van der Waals surface area contributed by atoms with E-state index in [1.165, 1.54) is 5.57 Å². The van der Waals surface area contributed by atoms with Crippen LogP contribution in [0, 0.1) is 11.8 Å². The summed E-state index contributed by atoms with van der Waals surface area (Å²) in [6.07, 6.45) is 13.1. The first-order valence-corrected chi connectivity index (χ1v) is 15.9. The summed E-state index contributed by atoms with van der Waals surface area (Å²) in [6, 6.07) is 0. The van der Waals surface area contributed by atoms with Gasteiger partial charge in [0.15, 0.2) is 22.8 Å².